The van der Waals surface area contributed by atoms with E-state index in [2.05, 4.69) is 5.32 Å². The molecule has 2 atom stereocenters. The Hall–Kier alpha value is -3.74. The van der Waals surface area contributed by atoms with Crippen LogP contribution in [0.4, 0.5) is 32.0 Å². The molecule has 0 spiro atoms. The number of likely N-dealkylation sites (N-methyl/N-ethyl adjacent to an activating group) is 1. The monoisotopic (exact) mass is 599 g/mol. The molecule has 218 valence electrons. The molecule has 0 bridgehead atoms. The number of anilines is 1. The first kappa shape index (κ1) is 30.2. The van der Waals surface area contributed by atoms with E-state index in [1.54, 1.807) is 0 Å². The van der Waals surface area contributed by atoms with Crippen molar-refractivity contribution in [2.75, 3.05) is 33.1 Å². The number of ether oxygens (including phenoxy) is 1. The second kappa shape index (κ2) is 11.3. The van der Waals surface area contributed by atoms with Crippen LogP contribution in [0.2, 0.25) is 5.02 Å². The minimum absolute atomic E-state index is 0.0659. The zero-order valence-corrected chi connectivity index (χ0v) is 22.6. The Morgan fingerprint density at radius 2 is 1.66 bits per heavy atom. The summed E-state index contributed by atoms with van der Waals surface area (Å²) >= 11 is 6.01. The molecule has 0 aliphatic carbocycles. The molecule has 2 N–H and O–H groups in total. The van der Waals surface area contributed by atoms with Gasteiger partial charge in [-0.05, 0) is 68.7 Å². The van der Waals surface area contributed by atoms with Crippen molar-refractivity contribution in [1.82, 2.24) is 9.47 Å². The van der Waals surface area contributed by atoms with Crippen LogP contribution in [-0.4, -0.2) is 54.1 Å². The summed E-state index contributed by atoms with van der Waals surface area (Å²) in [6.45, 7) is -1.00. The van der Waals surface area contributed by atoms with Crippen LogP contribution in [0.15, 0.2) is 65.5 Å². The van der Waals surface area contributed by atoms with E-state index < -0.39 is 58.7 Å². The summed E-state index contributed by atoms with van der Waals surface area (Å²) in [4.78, 5) is 13.9. The van der Waals surface area contributed by atoms with E-state index in [4.69, 9.17) is 16.3 Å². The Morgan fingerprint density at radius 3 is 2.24 bits per heavy atom. The van der Waals surface area contributed by atoms with E-state index in [9.17, 15) is 31.9 Å². The number of fused-ring (bicyclic) bond motifs is 1. The van der Waals surface area contributed by atoms with Gasteiger partial charge >= 0.3 is 6.18 Å². The van der Waals surface area contributed by atoms with Crippen molar-refractivity contribution in [1.29, 1.82) is 0 Å². The van der Waals surface area contributed by atoms with Crippen LogP contribution in [0.5, 0.6) is 5.75 Å². The van der Waals surface area contributed by atoms with Crippen molar-refractivity contribution in [2.24, 2.45) is 0 Å². The van der Waals surface area contributed by atoms with Gasteiger partial charge < -0.3 is 20.1 Å². The maximum atomic E-state index is 15.0. The van der Waals surface area contributed by atoms with Crippen molar-refractivity contribution in [3.63, 3.8) is 0 Å². The quantitative estimate of drug-likeness (QED) is 0.241. The van der Waals surface area contributed by atoms with Crippen LogP contribution < -0.4 is 15.6 Å². The molecule has 1 aromatic heterocycles. The molecule has 4 aromatic rings. The van der Waals surface area contributed by atoms with Crippen molar-refractivity contribution < 1.29 is 36.2 Å². The van der Waals surface area contributed by atoms with Crippen LogP contribution in [0.1, 0.15) is 11.6 Å². The summed E-state index contributed by atoms with van der Waals surface area (Å²) < 4.78 is 93.6. The van der Waals surface area contributed by atoms with E-state index in [-0.39, 0.29) is 27.3 Å². The lowest BCUT2D eigenvalue weighted by molar-refractivity contribution is -0.270. The molecule has 4 rings (SSSR count). The van der Waals surface area contributed by atoms with Gasteiger partial charge in [0.25, 0.3) is 5.56 Å². The Morgan fingerprint density at radius 1 is 1.00 bits per heavy atom. The highest BCUT2D eigenvalue weighted by Gasteiger charge is 2.60. The van der Waals surface area contributed by atoms with Gasteiger partial charge in [0.1, 0.15) is 11.6 Å². The smallest absolute Gasteiger partial charge is 0.420 e. The number of nitrogens with one attached hydrogen (secondary N) is 1. The third-order valence-electron chi connectivity index (χ3n) is 6.44. The number of aromatic nitrogens is 1. The van der Waals surface area contributed by atoms with Crippen LogP contribution in [-0.2, 0) is 0 Å². The lowest BCUT2D eigenvalue weighted by Gasteiger charge is -2.41. The number of nitrogens with zero attached hydrogens (tertiary/aromatic N) is 2. The van der Waals surface area contributed by atoms with Gasteiger partial charge in [0.2, 0.25) is 0 Å². The third kappa shape index (κ3) is 5.85. The minimum Gasteiger partial charge on any atom is -0.493 e. The predicted molar refractivity (Wildman–Crippen MR) is 143 cm³/mol. The van der Waals surface area contributed by atoms with E-state index in [0.29, 0.717) is 0 Å². The lowest BCUT2D eigenvalue weighted by Crippen LogP contribution is -2.58. The van der Waals surface area contributed by atoms with Crippen molar-refractivity contribution in [3.8, 4) is 11.4 Å². The van der Waals surface area contributed by atoms with Crippen molar-refractivity contribution >= 4 is 28.2 Å². The van der Waals surface area contributed by atoms with Crippen molar-refractivity contribution in [2.45, 2.75) is 17.8 Å². The van der Waals surface area contributed by atoms with Crippen LogP contribution in [0, 0.1) is 17.5 Å². The second-order valence-corrected chi connectivity index (χ2v) is 10.1. The molecule has 0 saturated carbocycles. The SMILES string of the molecule is COc1c(F)cc(Cl)cc1C(Nc1cc(F)cc2c1ccc(=O)n2-c1ccc(F)cc1)C(O)(CN(C)C)C(F)(F)F. The number of hydrogen-bond donors (Lipinski definition) is 2. The molecule has 0 fully saturated rings. The molecular formula is C28H24ClF6N3O3. The summed E-state index contributed by atoms with van der Waals surface area (Å²) in [7, 11) is 3.62. The molecule has 6 nitrogen and oxygen atoms in total. The van der Waals surface area contributed by atoms with E-state index >= 15 is 4.39 Å². The Labute approximate surface area is 235 Å². The molecule has 2 unspecified atom stereocenters. The predicted octanol–water partition coefficient (Wildman–Crippen LogP) is 6.08. The van der Waals surface area contributed by atoms with Gasteiger partial charge in [-0.15, -0.1) is 0 Å². The molecule has 0 aliphatic heterocycles. The summed E-state index contributed by atoms with van der Waals surface area (Å²) in [6.07, 6.45) is -5.31. The van der Waals surface area contributed by atoms with Crippen LogP contribution >= 0.6 is 11.6 Å². The van der Waals surface area contributed by atoms with Gasteiger partial charge in [0.15, 0.2) is 17.2 Å². The largest absolute Gasteiger partial charge is 0.493 e. The van der Waals surface area contributed by atoms with E-state index in [1.807, 2.05) is 0 Å². The Bertz CT molecular complexity index is 1640. The Balaban J connectivity index is 2.03. The Kier molecular flexibility index (Phi) is 8.30. The topological polar surface area (TPSA) is 66.7 Å². The van der Waals surface area contributed by atoms with Gasteiger partial charge in [-0.1, -0.05) is 11.6 Å². The lowest BCUT2D eigenvalue weighted by atomic mass is 9.86. The molecule has 1 heterocycles. The van der Waals surface area contributed by atoms with E-state index in [1.165, 1.54) is 32.3 Å². The van der Waals surface area contributed by atoms with Gasteiger partial charge in [0, 0.05) is 40.0 Å². The highest BCUT2D eigenvalue weighted by molar-refractivity contribution is 6.30. The fraction of sp³-hybridized carbons (Fsp3) is 0.250. The molecule has 0 amide bonds. The standard InChI is InChI=1S/C28H24ClF6N3O3/c1-37(2)14-27(40,28(33,34)35)26(20-10-15(29)11-21(32)25(20)41-3)36-22-12-17(31)13-23-19(22)8-9-24(39)38(23)18-6-4-16(30)5-7-18/h4-13,26,36,40H,14H2,1-3H3. The molecule has 13 heteroatoms. The molecule has 3 aromatic carbocycles. The van der Waals surface area contributed by atoms with Gasteiger partial charge in [0.05, 0.1) is 18.7 Å². The first-order chi connectivity index (χ1) is 19.2. The zero-order chi connectivity index (χ0) is 30.3. The number of rotatable bonds is 8. The highest BCUT2D eigenvalue weighted by Crippen LogP contribution is 2.46. The van der Waals surface area contributed by atoms with Crippen LogP contribution in [0.3, 0.4) is 0 Å². The molecular weight excluding hydrogens is 576 g/mol. The zero-order valence-electron chi connectivity index (χ0n) is 21.9. The van der Waals surface area contributed by atoms with Gasteiger partial charge in [-0.25, -0.2) is 13.2 Å². The molecule has 41 heavy (non-hydrogen) atoms. The number of halogens is 7. The van der Waals surface area contributed by atoms with Gasteiger partial charge in [-0.2, -0.15) is 13.2 Å². The average molecular weight is 600 g/mol. The van der Waals surface area contributed by atoms with Gasteiger partial charge in [-0.3, -0.25) is 9.36 Å². The molecule has 0 aliphatic rings. The summed E-state index contributed by atoms with van der Waals surface area (Å²) in [6, 6.07) is 8.55. The van der Waals surface area contributed by atoms with E-state index in [0.717, 1.165) is 59.0 Å². The van der Waals surface area contributed by atoms with Crippen molar-refractivity contribution in [3.05, 3.63) is 99.1 Å². The number of benzene rings is 3. The summed E-state index contributed by atoms with van der Waals surface area (Å²) in [5.41, 5.74) is -4.92. The first-order valence-electron chi connectivity index (χ1n) is 12.0. The second-order valence-electron chi connectivity index (χ2n) is 9.62. The summed E-state index contributed by atoms with van der Waals surface area (Å²) in [5.74, 6) is -3.26. The molecule has 0 radical (unpaired) electrons. The normalized spacial score (nSPS) is 14.2. The third-order valence-corrected chi connectivity index (χ3v) is 6.66. The maximum Gasteiger partial charge on any atom is 0.420 e. The molecule has 0 saturated heterocycles. The number of aliphatic hydroxyl groups is 1. The maximum absolute atomic E-state index is 15.0. The number of pyridine rings is 1. The number of hydrogen-bond acceptors (Lipinski definition) is 5. The summed E-state index contributed by atoms with van der Waals surface area (Å²) in [5, 5.41) is 13.6. The highest BCUT2D eigenvalue weighted by atomic mass is 35.5. The first-order valence-corrected chi connectivity index (χ1v) is 12.4. The fourth-order valence-electron chi connectivity index (χ4n) is 4.73. The number of methoxy groups -OCH3 is 1. The minimum atomic E-state index is -5.31. The fourth-order valence-corrected chi connectivity index (χ4v) is 4.95. The average Bonchev–Trinajstić information content (AvgIpc) is 2.86. The number of alkyl halides is 3. The van der Waals surface area contributed by atoms with Crippen LogP contribution in [0.25, 0.3) is 16.6 Å².